The number of carboxylic acids is 2. The second kappa shape index (κ2) is 7.50. The highest BCUT2D eigenvalue weighted by molar-refractivity contribution is 5.72. The first-order chi connectivity index (χ1) is 9.35. The topological polar surface area (TPSA) is 151 Å². The first kappa shape index (κ1) is 16.8. The maximum atomic E-state index is 10.6. The molecule has 6 N–H and O–H groups in total. The summed E-state index contributed by atoms with van der Waals surface area (Å²) in [4.78, 5) is 22.5. The number of carboxylic acid groups (broad SMARTS) is 2. The predicted molar refractivity (Wildman–Crippen MR) is 66.1 cm³/mol. The Hall–Kier alpha value is -1.26. The monoisotopic (exact) mass is 292 g/mol. The van der Waals surface area contributed by atoms with Crippen LogP contribution in [0.1, 0.15) is 6.42 Å². The zero-order valence-corrected chi connectivity index (χ0v) is 10.8. The molecule has 1 rings (SSSR count). The molecule has 1 saturated heterocycles. The van der Waals surface area contributed by atoms with Crippen LogP contribution in [0.5, 0.6) is 0 Å². The second-order valence-electron chi connectivity index (χ2n) is 4.83. The van der Waals surface area contributed by atoms with Gasteiger partial charge in [0.15, 0.2) is 0 Å². The molecule has 0 aromatic rings. The molecule has 0 spiro atoms. The van der Waals surface area contributed by atoms with Crippen molar-refractivity contribution in [1.82, 2.24) is 10.2 Å². The lowest BCUT2D eigenvalue weighted by Gasteiger charge is -2.22. The van der Waals surface area contributed by atoms with E-state index in [2.05, 4.69) is 5.32 Å². The molecular weight excluding hydrogens is 272 g/mol. The molecule has 0 amide bonds. The zero-order valence-electron chi connectivity index (χ0n) is 10.8. The van der Waals surface area contributed by atoms with E-state index >= 15 is 0 Å². The number of hydrogen-bond donors (Lipinski definition) is 6. The van der Waals surface area contributed by atoms with Gasteiger partial charge >= 0.3 is 11.9 Å². The van der Waals surface area contributed by atoms with Crippen LogP contribution in [0, 0.1) is 0 Å². The third-order valence-corrected chi connectivity index (χ3v) is 3.27. The highest BCUT2D eigenvalue weighted by Crippen LogP contribution is 2.17. The molecule has 0 saturated carbocycles. The van der Waals surface area contributed by atoms with Crippen LogP contribution >= 0.6 is 0 Å². The van der Waals surface area contributed by atoms with E-state index < -0.39 is 49.3 Å². The van der Waals surface area contributed by atoms with Crippen molar-refractivity contribution in [1.29, 1.82) is 0 Å². The summed E-state index contributed by atoms with van der Waals surface area (Å²) in [6.07, 6.45) is -1.92. The van der Waals surface area contributed by atoms with Gasteiger partial charge in [0.2, 0.25) is 0 Å². The van der Waals surface area contributed by atoms with Crippen LogP contribution in [0.4, 0.5) is 0 Å². The molecule has 0 aliphatic carbocycles. The van der Waals surface area contributed by atoms with Crippen molar-refractivity contribution >= 4 is 11.9 Å². The summed E-state index contributed by atoms with van der Waals surface area (Å²) in [6.45, 7) is -1.02. The van der Waals surface area contributed by atoms with E-state index in [4.69, 9.17) is 15.3 Å². The van der Waals surface area contributed by atoms with E-state index in [1.54, 1.807) is 0 Å². The fraction of sp³-hybridized carbons (Fsp3) is 0.818. The Morgan fingerprint density at radius 2 is 1.50 bits per heavy atom. The molecule has 116 valence electrons. The Kier molecular flexibility index (Phi) is 6.30. The quantitative estimate of drug-likeness (QED) is 0.273. The molecule has 0 bridgehead atoms. The van der Waals surface area contributed by atoms with Crippen molar-refractivity contribution < 1.29 is 35.1 Å². The first-order valence-electron chi connectivity index (χ1n) is 6.24. The third-order valence-electron chi connectivity index (χ3n) is 3.27. The van der Waals surface area contributed by atoms with Crippen molar-refractivity contribution in [3.8, 4) is 0 Å². The van der Waals surface area contributed by atoms with E-state index in [0.29, 0.717) is 0 Å². The van der Waals surface area contributed by atoms with Crippen LogP contribution in [-0.2, 0) is 9.59 Å². The van der Waals surface area contributed by atoms with E-state index in [1.165, 1.54) is 4.90 Å². The largest absolute Gasteiger partial charge is 0.480 e. The van der Waals surface area contributed by atoms with Crippen molar-refractivity contribution in [2.45, 2.75) is 30.7 Å². The second-order valence-corrected chi connectivity index (χ2v) is 4.83. The van der Waals surface area contributed by atoms with Crippen LogP contribution in [0.2, 0.25) is 0 Å². The van der Waals surface area contributed by atoms with Gasteiger partial charge in [0, 0.05) is 12.6 Å². The number of nitrogens with zero attached hydrogens (tertiary/aromatic N) is 1. The van der Waals surface area contributed by atoms with Crippen molar-refractivity contribution in [2.75, 3.05) is 26.2 Å². The fourth-order valence-corrected chi connectivity index (χ4v) is 2.28. The van der Waals surface area contributed by atoms with E-state index in [0.717, 1.165) is 0 Å². The fourth-order valence-electron chi connectivity index (χ4n) is 2.28. The van der Waals surface area contributed by atoms with Gasteiger partial charge in [0.1, 0.15) is 0 Å². The maximum absolute atomic E-state index is 10.6. The van der Waals surface area contributed by atoms with Gasteiger partial charge in [-0.25, -0.2) is 0 Å². The number of aliphatic carboxylic acids is 2. The summed E-state index contributed by atoms with van der Waals surface area (Å²) in [6, 6.07) is -1.16. The average Bonchev–Trinajstić information content (AvgIpc) is 2.62. The first-order valence-corrected chi connectivity index (χ1v) is 6.24. The molecule has 9 heteroatoms. The van der Waals surface area contributed by atoms with Crippen molar-refractivity contribution in [2.24, 2.45) is 0 Å². The van der Waals surface area contributed by atoms with Crippen LogP contribution in [0.15, 0.2) is 0 Å². The van der Waals surface area contributed by atoms with Crippen LogP contribution in [0.25, 0.3) is 0 Å². The summed E-state index contributed by atoms with van der Waals surface area (Å²) in [5.41, 5.74) is 0. The Balaban J connectivity index is 2.50. The van der Waals surface area contributed by atoms with Crippen LogP contribution in [-0.4, -0.2) is 92.9 Å². The third kappa shape index (κ3) is 4.69. The number of hydrogen-bond acceptors (Lipinski definition) is 7. The molecule has 1 fully saturated rings. The molecule has 9 nitrogen and oxygen atoms in total. The van der Waals surface area contributed by atoms with Gasteiger partial charge < -0.3 is 30.8 Å². The van der Waals surface area contributed by atoms with Gasteiger partial charge in [-0.3, -0.25) is 14.5 Å². The lowest BCUT2D eigenvalue weighted by Crippen LogP contribution is -2.41. The number of aliphatic hydroxyl groups is 3. The van der Waals surface area contributed by atoms with Gasteiger partial charge in [0.05, 0.1) is 37.9 Å². The highest BCUT2D eigenvalue weighted by atomic mass is 16.4. The molecular formula is C11H20N2O7. The molecule has 0 radical (unpaired) electrons. The van der Waals surface area contributed by atoms with Gasteiger partial charge in [-0.1, -0.05) is 0 Å². The number of rotatable bonds is 8. The molecule has 4 atom stereocenters. The van der Waals surface area contributed by atoms with Crippen LogP contribution in [0.3, 0.4) is 0 Å². The molecule has 1 heterocycles. The summed E-state index contributed by atoms with van der Waals surface area (Å²) in [7, 11) is 0. The van der Waals surface area contributed by atoms with Gasteiger partial charge in [-0.2, -0.15) is 0 Å². The highest BCUT2D eigenvalue weighted by Gasteiger charge is 2.40. The van der Waals surface area contributed by atoms with Crippen LogP contribution < -0.4 is 5.32 Å². The van der Waals surface area contributed by atoms with Gasteiger partial charge in [-0.15, -0.1) is 0 Å². The van der Waals surface area contributed by atoms with E-state index in [9.17, 15) is 19.8 Å². The van der Waals surface area contributed by atoms with Crippen molar-refractivity contribution in [3.05, 3.63) is 0 Å². The maximum Gasteiger partial charge on any atom is 0.317 e. The van der Waals surface area contributed by atoms with Gasteiger partial charge in [0.25, 0.3) is 0 Å². The predicted octanol–water partition coefficient (Wildman–Crippen LogP) is -3.10. The Bertz CT molecular complexity index is 336. The summed E-state index contributed by atoms with van der Waals surface area (Å²) in [5.74, 6) is -2.28. The SMILES string of the molecule is O=C(O)CN(CC[C@H]1N[C@@H](CO)[C@H](O)[C@H]1O)CC(=O)O. The van der Waals surface area contributed by atoms with Gasteiger partial charge in [-0.05, 0) is 6.42 Å². The molecule has 0 aromatic carbocycles. The van der Waals surface area contributed by atoms with Crippen molar-refractivity contribution in [3.63, 3.8) is 0 Å². The number of nitrogens with one attached hydrogen (secondary N) is 1. The smallest absolute Gasteiger partial charge is 0.317 e. The molecule has 20 heavy (non-hydrogen) atoms. The average molecular weight is 292 g/mol. The lowest BCUT2D eigenvalue weighted by atomic mass is 10.1. The molecule has 0 unspecified atom stereocenters. The number of carbonyl (C=O) groups is 2. The minimum absolute atomic E-state index is 0.137. The standard InChI is InChI=1S/C11H20N2O7/c14-5-7-11(20)10(19)6(12-7)1-2-13(3-8(15)16)4-9(17)18/h6-7,10-12,14,19-20H,1-5H2,(H,15,16)(H,17,18)/t6-,7+,10+,11+/m1/s1. The summed E-state index contributed by atoms with van der Waals surface area (Å²) < 4.78 is 0. The lowest BCUT2D eigenvalue weighted by molar-refractivity contribution is -0.141. The summed E-state index contributed by atoms with van der Waals surface area (Å²) >= 11 is 0. The zero-order chi connectivity index (χ0) is 15.3. The Morgan fingerprint density at radius 1 is 1.00 bits per heavy atom. The summed E-state index contributed by atoms with van der Waals surface area (Å²) in [5, 5.41) is 48.6. The Labute approximate surface area is 115 Å². The van der Waals surface area contributed by atoms with E-state index in [1.807, 2.05) is 0 Å². The molecule has 1 aliphatic rings. The minimum Gasteiger partial charge on any atom is -0.480 e. The number of aliphatic hydroxyl groups excluding tert-OH is 3. The normalized spacial score (nSPS) is 29.8. The molecule has 1 aliphatic heterocycles. The Morgan fingerprint density at radius 3 is 1.90 bits per heavy atom. The van der Waals surface area contributed by atoms with E-state index in [-0.39, 0.29) is 19.6 Å². The molecule has 0 aromatic heterocycles. The minimum atomic E-state index is -1.14.